The number of rotatable bonds is 3. The highest BCUT2D eigenvalue weighted by Gasteiger charge is 2.26. The SMILES string of the molecule is Cc1ccc(C(c2ccccc2)N2CCOCC2)c(O)c1. The largest absolute Gasteiger partial charge is 0.508 e. The van der Waals surface area contributed by atoms with Crippen molar-refractivity contribution in [2.24, 2.45) is 0 Å². The number of ether oxygens (including phenoxy) is 1. The van der Waals surface area contributed by atoms with Crippen molar-refractivity contribution in [3.8, 4) is 5.75 Å². The van der Waals surface area contributed by atoms with E-state index in [9.17, 15) is 5.11 Å². The van der Waals surface area contributed by atoms with E-state index in [0.29, 0.717) is 5.75 Å². The summed E-state index contributed by atoms with van der Waals surface area (Å²) < 4.78 is 5.47. The zero-order valence-electron chi connectivity index (χ0n) is 12.3. The minimum atomic E-state index is 0.0794. The van der Waals surface area contributed by atoms with Crippen LogP contribution in [0, 0.1) is 6.92 Å². The Kier molecular flexibility index (Phi) is 4.23. The molecule has 1 N–H and O–H groups in total. The van der Waals surface area contributed by atoms with Gasteiger partial charge in [-0.05, 0) is 24.1 Å². The van der Waals surface area contributed by atoms with E-state index in [1.165, 1.54) is 5.56 Å². The second-order valence-electron chi connectivity index (χ2n) is 5.52. The number of phenols is 1. The van der Waals surface area contributed by atoms with Crippen LogP contribution in [0.15, 0.2) is 48.5 Å². The maximum atomic E-state index is 10.4. The summed E-state index contributed by atoms with van der Waals surface area (Å²) in [7, 11) is 0. The molecule has 0 radical (unpaired) electrons. The summed E-state index contributed by atoms with van der Waals surface area (Å²) in [5, 5.41) is 10.4. The van der Waals surface area contributed by atoms with Crippen LogP contribution in [0.3, 0.4) is 0 Å². The van der Waals surface area contributed by atoms with Crippen LogP contribution in [0.4, 0.5) is 0 Å². The molecule has 0 spiro atoms. The summed E-state index contributed by atoms with van der Waals surface area (Å²) in [4.78, 5) is 2.38. The molecule has 3 rings (SSSR count). The molecule has 0 saturated carbocycles. The Labute approximate surface area is 125 Å². The van der Waals surface area contributed by atoms with E-state index >= 15 is 0 Å². The van der Waals surface area contributed by atoms with Crippen molar-refractivity contribution in [1.82, 2.24) is 4.90 Å². The first-order valence-corrected chi connectivity index (χ1v) is 7.42. The average molecular weight is 283 g/mol. The predicted molar refractivity (Wildman–Crippen MR) is 83.5 cm³/mol. The van der Waals surface area contributed by atoms with Crippen molar-refractivity contribution in [3.05, 3.63) is 65.2 Å². The molecule has 3 nitrogen and oxygen atoms in total. The van der Waals surface area contributed by atoms with Crippen LogP contribution in [-0.2, 0) is 4.74 Å². The molecule has 0 bridgehead atoms. The molecule has 2 aromatic rings. The van der Waals surface area contributed by atoms with Gasteiger partial charge >= 0.3 is 0 Å². The van der Waals surface area contributed by atoms with Crippen LogP contribution in [0.5, 0.6) is 5.75 Å². The fourth-order valence-corrected chi connectivity index (χ4v) is 2.94. The first-order chi connectivity index (χ1) is 10.3. The number of aryl methyl sites for hydroxylation is 1. The van der Waals surface area contributed by atoms with Gasteiger partial charge in [0, 0.05) is 18.7 Å². The molecule has 1 aliphatic heterocycles. The summed E-state index contributed by atoms with van der Waals surface area (Å²) >= 11 is 0. The quantitative estimate of drug-likeness (QED) is 0.939. The molecule has 1 atom stereocenters. The number of aromatic hydroxyl groups is 1. The standard InChI is InChI=1S/C18H21NO2/c1-14-7-8-16(17(20)13-14)18(15-5-3-2-4-6-15)19-9-11-21-12-10-19/h2-8,13,18,20H,9-12H2,1H3. The van der Waals surface area contributed by atoms with E-state index in [4.69, 9.17) is 4.74 Å². The van der Waals surface area contributed by atoms with Gasteiger partial charge in [0.15, 0.2) is 0 Å². The minimum absolute atomic E-state index is 0.0794. The van der Waals surface area contributed by atoms with Crippen molar-refractivity contribution in [3.63, 3.8) is 0 Å². The van der Waals surface area contributed by atoms with Crippen molar-refractivity contribution in [1.29, 1.82) is 0 Å². The maximum Gasteiger partial charge on any atom is 0.120 e. The minimum Gasteiger partial charge on any atom is -0.508 e. The van der Waals surface area contributed by atoms with Crippen molar-refractivity contribution >= 4 is 0 Å². The van der Waals surface area contributed by atoms with Gasteiger partial charge in [-0.15, -0.1) is 0 Å². The number of phenolic OH excluding ortho intramolecular Hbond substituents is 1. The van der Waals surface area contributed by atoms with Crippen LogP contribution in [-0.4, -0.2) is 36.3 Å². The van der Waals surface area contributed by atoms with Crippen LogP contribution in [0.25, 0.3) is 0 Å². The maximum absolute atomic E-state index is 10.4. The fraction of sp³-hybridized carbons (Fsp3) is 0.333. The lowest BCUT2D eigenvalue weighted by Gasteiger charge is -2.35. The average Bonchev–Trinajstić information content (AvgIpc) is 2.52. The second kappa shape index (κ2) is 6.29. The highest BCUT2D eigenvalue weighted by Crippen LogP contribution is 2.35. The van der Waals surface area contributed by atoms with Crippen molar-refractivity contribution in [2.75, 3.05) is 26.3 Å². The van der Waals surface area contributed by atoms with Gasteiger partial charge in [-0.1, -0.05) is 42.5 Å². The van der Waals surface area contributed by atoms with Gasteiger partial charge in [0.25, 0.3) is 0 Å². The van der Waals surface area contributed by atoms with Crippen LogP contribution in [0.2, 0.25) is 0 Å². The molecule has 0 aromatic heterocycles. The van der Waals surface area contributed by atoms with Crippen LogP contribution < -0.4 is 0 Å². The van der Waals surface area contributed by atoms with Gasteiger partial charge in [0.2, 0.25) is 0 Å². The van der Waals surface area contributed by atoms with Crippen molar-refractivity contribution < 1.29 is 9.84 Å². The smallest absolute Gasteiger partial charge is 0.120 e. The molecule has 1 fully saturated rings. The van der Waals surface area contributed by atoms with Gasteiger partial charge in [-0.3, -0.25) is 4.90 Å². The summed E-state index contributed by atoms with van der Waals surface area (Å²) in [6.07, 6.45) is 0. The molecule has 2 aromatic carbocycles. The Hall–Kier alpha value is -1.84. The van der Waals surface area contributed by atoms with Crippen molar-refractivity contribution in [2.45, 2.75) is 13.0 Å². The molecule has 1 unspecified atom stereocenters. The Bertz CT molecular complexity index is 591. The Morgan fingerprint density at radius 1 is 1.05 bits per heavy atom. The third-order valence-electron chi connectivity index (χ3n) is 4.01. The van der Waals surface area contributed by atoms with Gasteiger partial charge in [-0.25, -0.2) is 0 Å². The van der Waals surface area contributed by atoms with Gasteiger partial charge in [0.1, 0.15) is 5.75 Å². The lowest BCUT2D eigenvalue weighted by Crippen LogP contribution is -2.39. The second-order valence-corrected chi connectivity index (χ2v) is 5.52. The monoisotopic (exact) mass is 283 g/mol. The summed E-state index contributed by atoms with van der Waals surface area (Å²) in [6, 6.07) is 16.4. The van der Waals surface area contributed by atoms with Gasteiger partial charge < -0.3 is 9.84 Å². The predicted octanol–water partition coefficient (Wildman–Crippen LogP) is 3.12. The molecular formula is C18H21NO2. The lowest BCUT2D eigenvalue weighted by molar-refractivity contribution is 0.0235. The molecule has 0 aliphatic carbocycles. The first-order valence-electron chi connectivity index (χ1n) is 7.42. The Morgan fingerprint density at radius 2 is 1.76 bits per heavy atom. The molecular weight excluding hydrogens is 262 g/mol. The van der Waals surface area contributed by atoms with Crippen LogP contribution >= 0.6 is 0 Å². The van der Waals surface area contributed by atoms with E-state index in [1.54, 1.807) is 0 Å². The zero-order chi connectivity index (χ0) is 14.7. The fourth-order valence-electron chi connectivity index (χ4n) is 2.94. The van der Waals surface area contributed by atoms with E-state index < -0.39 is 0 Å². The molecule has 1 heterocycles. The van der Waals surface area contributed by atoms with Gasteiger partial charge in [-0.2, -0.15) is 0 Å². The topological polar surface area (TPSA) is 32.7 Å². The van der Waals surface area contributed by atoms with E-state index in [2.05, 4.69) is 23.1 Å². The molecule has 21 heavy (non-hydrogen) atoms. The molecule has 1 saturated heterocycles. The number of benzene rings is 2. The number of hydrogen-bond donors (Lipinski definition) is 1. The summed E-state index contributed by atoms with van der Waals surface area (Å²) in [5.74, 6) is 0.371. The Morgan fingerprint density at radius 3 is 2.43 bits per heavy atom. The molecule has 0 amide bonds. The number of hydrogen-bond acceptors (Lipinski definition) is 3. The molecule has 1 aliphatic rings. The van der Waals surface area contributed by atoms with E-state index in [1.807, 2.05) is 37.3 Å². The highest BCUT2D eigenvalue weighted by molar-refractivity contribution is 5.43. The Balaban J connectivity index is 2.02. The van der Waals surface area contributed by atoms with E-state index in [0.717, 1.165) is 37.4 Å². The van der Waals surface area contributed by atoms with Gasteiger partial charge in [0.05, 0.1) is 19.3 Å². The highest BCUT2D eigenvalue weighted by atomic mass is 16.5. The summed E-state index contributed by atoms with van der Waals surface area (Å²) in [5.41, 5.74) is 3.25. The third kappa shape index (κ3) is 3.09. The molecule has 110 valence electrons. The summed E-state index contributed by atoms with van der Waals surface area (Å²) in [6.45, 7) is 5.25. The van der Waals surface area contributed by atoms with E-state index in [-0.39, 0.29) is 6.04 Å². The number of nitrogens with zero attached hydrogens (tertiary/aromatic N) is 1. The zero-order valence-corrected chi connectivity index (χ0v) is 12.3. The third-order valence-corrected chi connectivity index (χ3v) is 4.01. The molecule has 3 heteroatoms. The lowest BCUT2D eigenvalue weighted by atomic mass is 9.95. The van der Waals surface area contributed by atoms with Crippen LogP contribution in [0.1, 0.15) is 22.7 Å². The first kappa shape index (κ1) is 14.1. The normalized spacial score (nSPS) is 17.6. The number of morpholine rings is 1.